The molecule has 3 rings (SSSR count). The first-order chi connectivity index (χ1) is 14.2. The van der Waals surface area contributed by atoms with Gasteiger partial charge in [-0.05, 0) is 69.3 Å². The number of rotatable bonds is 5. The minimum Gasteiger partial charge on any atom is -0.322 e. The van der Waals surface area contributed by atoms with Gasteiger partial charge in [0.1, 0.15) is 11.6 Å². The van der Waals surface area contributed by atoms with Crippen molar-refractivity contribution in [2.75, 3.05) is 5.32 Å². The van der Waals surface area contributed by atoms with E-state index in [1.807, 2.05) is 20.8 Å². The molecule has 0 saturated carbocycles. The maximum Gasteiger partial charge on any atom is 0.258 e. The number of anilines is 1. The zero-order chi connectivity index (χ0) is 21.8. The molecule has 0 bridgehead atoms. The lowest BCUT2D eigenvalue weighted by molar-refractivity contribution is 0.102. The number of aromatic nitrogens is 2. The fourth-order valence-electron chi connectivity index (χ4n) is 2.73. The Labute approximate surface area is 172 Å². The Kier molecular flexibility index (Phi) is 6.11. The van der Waals surface area contributed by atoms with Gasteiger partial charge in [-0.15, -0.1) is 0 Å². The van der Waals surface area contributed by atoms with E-state index >= 15 is 0 Å². The molecule has 0 unspecified atom stereocenters. The maximum absolute atomic E-state index is 13.7. The fourth-order valence-corrected chi connectivity index (χ4v) is 2.73. The molecule has 0 aliphatic carbocycles. The smallest absolute Gasteiger partial charge is 0.258 e. The van der Waals surface area contributed by atoms with Crippen LogP contribution >= 0.6 is 0 Å². The Morgan fingerprint density at radius 3 is 2.23 bits per heavy atom. The van der Waals surface area contributed by atoms with Crippen molar-refractivity contribution in [1.82, 2.24) is 9.97 Å². The second kappa shape index (κ2) is 8.73. The van der Waals surface area contributed by atoms with Crippen LogP contribution in [0, 0.1) is 32.4 Å². The van der Waals surface area contributed by atoms with E-state index in [-0.39, 0.29) is 11.3 Å². The van der Waals surface area contributed by atoms with Crippen molar-refractivity contribution in [2.45, 2.75) is 20.8 Å². The number of carbonyl (C=O) groups is 2. The highest BCUT2D eigenvalue weighted by atomic mass is 19.1. The van der Waals surface area contributed by atoms with Gasteiger partial charge in [-0.25, -0.2) is 13.8 Å². The van der Waals surface area contributed by atoms with Crippen LogP contribution in [0.4, 0.5) is 14.5 Å². The van der Waals surface area contributed by atoms with E-state index < -0.39 is 17.5 Å². The summed E-state index contributed by atoms with van der Waals surface area (Å²) in [4.78, 5) is 33.4. The van der Waals surface area contributed by atoms with Gasteiger partial charge in [-0.1, -0.05) is 0 Å². The van der Waals surface area contributed by atoms with Crippen molar-refractivity contribution in [3.05, 3.63) is 94.1 Å². The average Bonchev–Trinajstić information content (AvgIpc) is 2.70. The predicted octanol–water partition coefficient (Wildman–Crippen LogP) is 4.83. The number of aryl methyl sites for hydroxylation is 3. The van der Waals surface area contributed by atoms with Gasteiger partial charge in [0.15, 0.2) is 5.78 Å². The molecule has 1 heterocycles. The minimum atomic E-state index is -0.950. The fraction of sp³-hybridized carbons (Fsp3) is 0.130. The summed E-state index contributed by atoms with van der Waals surface area (Å²) >= 11 is 0. The predicted molar refractivity (Wildman–Crippen MR) is 110 cm³/mol. The number of amides is 1. The van der Waals surface area contributed by atoms with Crippen LogP contribution in [0.1, 0.15) is 43.5 Å². The molecule has 0 fully saturated rings. The molecule has 1 aromatic heterocycles. The van der Waals surface area contributed by atoms with Crippen LogP contribution in [0.2, 0.25) is 0 Å². The average molecular weight is 407 g/mol. The Hall–Kier alpha value is -3.74. The molecule has 5 nitrogen and oxygen atoms in total. The molecule has 1 amide bonds. The zero-order valence-corrected chi connectivity index (χ0v) is 16.7. The summed E-state index contributed by atoms with van der Waals surface area (Å²) in [7, 11) is 0. The minimum absolute atomic E-state index is 0.239. The molecule has 30 heavy (non-hydrogen) atoms. The number of hydrogen-bond acceptors (Lipinski definition) is 4. The largest absolute Gasteiger partial charge is 0.322 e. The van der Waals surface area contributed by atoms with Crippen molar-refractivity contribution >= 4 is 23.5 Å². The molecule has 1 N–H and O–H groups in total. The van der Waals surface area contributed by atoms with Crippen molar-refractivity contribution < 1.29 is 18.4 Å². The summed E-state index contributed by atoms with van der Waals surface area (Å²) in [6.45, 7) is 5.55. The third-order valence-electron chi connectivity index (χ3n) is 4.51. The first kappa shape index (κ1) is 21.0. The van der Waals surface area contributed by atoms with Gasteiger partial charge in [0.2, 0.25) is 0 Å². The van der Waals surface area contributed by atoms with Gasteiger partial charge in [-0.2, -0.15) is 0 Å². The highest BCUT2D eigenvalue weighted by Crippen LogP contribution is 2.16. The van der Waals surface area contributed by atoms with Crippen molar-refractivity contribution in [3.8, 4) is 0 Å². The molecule has 0 atom stereocenters. The number of ketones is 1. The Bertz CT molecular complexity index is 1160. The van der Waals surface area contributed by atoms with Crippen LogP contribution in [0.5, 0.6) is 0 Å². The highest BCUT2D eigenvalue weighted by molar-refractivity contribution is 6.08. The summed E-state index contributed by atoms with van der Waals surface area (Å²) < 4.78 is 26.7. The number of nitrogens with zero attached hydrogens (tertiary/aromatic N) is 2. The summed E-state index contributed by atoms with van der Waals surface area (Å²) in [5, 5.41) is 2.51. The summed E-state index contributed by atoms with van der Waals surface area (Å²) in [5.74, 6) is -2.66. The molecular formula is C23H19F2N3O2. The van der Waals surface area contributed by atoms with Crippen molar-refractivity contribution in [2.24, 2.45) is 0 Å². The molecule has 0 spiro atoms. The lowest BCUT2D eigenvalue weighted by Crippen LogP contribution is -2.14. The molecular weight excluding hydrogens is 388 g/mol. The third kappa shape index (κ3) is 4.81. The Morgan fingerprint density at radius 1 is 0.900 bits per heavy atom. The molecule has 152 valence electrons. The third-order valence-corrected chi connectivity index (χ3v) is 4.51. The summed E-state index contributed by atoms with van der Waals surface area (Å²) in [5.41, 5.74) is 3.50. The Balaban J connectivity index is 1.70. The lowest BCUT2D eigenvalue weighted by atomic mass is 10.1. The standard InChI is InChI=1S/C23H19F2N3O2/c1-13-14(2)27-21(15(3)26-13)10-11-22(29)16-4-7-18(8-5-16)28-23(30)19-9-6-17(24)12-20(19)25/h4-12H,1-3H3,(H,28,30)/b11-10+. The van der Waals surface area contributed by atoms with Gasteiger partial charge in [0.25, 0.3) is 5.91 Å². The van der Waals surface area contributed by atoms with Crippen LogP contribution in [-0.4, -0.2) is 21.7 Å². The van der Waals surface area contributed by atoms with E-state index in [0.717, 1.165) is 29.2 Å². The van der Waals surface area contributed by atoms with Crippen LogP contribution in [0.25, 0.3) is 6.08 Å². The Morgan fingerprint density at radius 2 is 1.57 bits per heavy atom. The van der Waals surface area contributed by atoms with Crippen LogP contribution in [-0.2, 0) is 0 Å². The topological polar surface area (TPSA) is 72.0 Å². The SMILES string of the molecule is Cc1nc(C)c(/C=C/C(=O)c2ccc(NC(=O)c3ccc(F)cc3F)cc2)nc1C. The van der Waals surface area contributed by atoms with E-state index in [2.05, 4.69) is 15.3 Å². The van der Waals surface area contributed by atoms with Crippen LogP contribution in [0.15, 0.2) is 48.5 Å². The number of benzene rings is 2. The number of nitrogens with one attached hydrogen (secondary N) is 1. The molecule has 3 aromatic rings. The van der Waals surface area contributed by atoms with Crippen LogP contribution < -0.4 is 5.32 Å². The second-order valence-electron chi connectivity index (χ2n) is 6.72. The maximum atomic E-state index is 13.7. The molecule has 0 saturated heterocycles. The van der Waals surface area contributed by atoms with E-state index in [0.29, 0.717) is 23.0 Å². The summed E-state index contributed by atoms with van der Waals surface area (Å²) in [6.07, 6.45) is 3.03. The van der Waals surface area contributed by atoms with Gasteiger partial charge in [0, 0.05) is 17.3 Å². The van der Waals surface area contributed by atoms with Crippen molar-refractivity contribution in [3.63, 3.8) is 0 Å². The number of allylic oxidation sites excluding steroid dienone is 1. The quantitative estimate of drug-likeness (QED) is 0.486. The van der Waals surface area contributed by atoms with E-state index in [1.165, 1.54) is 18.2 Å². The first-order valence-electron chi connectivity index (χ1n) is 9.15. The lowest BCUT2D eigenvalue weighted by Gasteiger charge is -2.07. The molecule has 0 aliphatic heterocycles. The van der Waals surface area contributed by atoms with Gasteiger partial charge in [-0.3, -0.25) is 14.6 Å². The normalized spacial score (nSPS) is 11.0. The van der Waals surface area contributed by atoms with E-state index in [4.69, 9.17) is 0 Å². The van der Waals surface area contributed by atoms with Crippen LogP contribution in [0.3, 0.4) is 0 Å². The number of hydrogen-bond donors (Lipinski definition) is 1. The second-order valence-corrected chi connectivity index (χ2v) is 6.72. The van der Waals surface area contributed by atoms with Crippen molar-refractivity contribution in [1.29, 1.82) is 0 Å². The highest BCUT2D eigenvalue weighted by Gasteiger charge is 2.13. The molecule has 0 aliphatic rings. The monoisotopic (exact) mass is 407 g/mol. The van der Waals surface area contributed by atoms with E-state index in [9.17, 15) is 18.4 Å². The molecule has 0 radical (unpaired) electrons. The van der Waals surface area contributed by atoms with Gasteiger partial charge in [0.05, 0.1) is 28.3 Å². The van der Waals surface area contributed by atoms with E-state index in [1.54, 1.807) is 18.2 Å². The van der Waals surface area contributed by atoms with Gasteiger partial charge < -0.3 is 5.32 Å². The van der Waals surface area contributed by atoms with Gasteiger partial charge >= 0.3 is 0 Å². The first-order valence-corrected chi connectivity index (χ1v) is 9.15. The number of carbonyl (C=O) groups excluding carboxylic acids is 2. The number of halogens is 2. The molecule has 7 heteroatoms. The summed E-state index contributed by atoms with van der Waals surface area (Å²) in [6, 6.07) is 8.87. The zero-order valence-electron chi connectivity index (χ0n) is 16.7. The molecule has 2 aromatic carbocycles.